The molecule has 0 aromatic carbocycles. The first-order valence-corrected chi connectivity index (χ1v) is 5.91. The molecule has 0 radical (unpaired) electrons. The van der Waals surface area contributed by atoms with Crippen molar-refractivity contribution in [3.63, 3.8) is 0 Å². The van der Waals surface area contributed by atoms with E-state index in [-0.39, 0.29) is 12.4 Å². The van der Waals surface area contributed by atoms with E-state index >= 15 is 0 Å². The number of hydrogen-bond donors (Lipinski definition) is 1. The van der Waals surface area contributed by atoms with E-state index in [0.717, 1.165) is 12.0 Å². The molecule has 5 heteroatoms. The average Bonchev–Trinajstić information content (AvgIpc) is 2.04. The van der Waals surface area contributed by atoms with Crippen LogP contribution < -0.4 is 0 Å². The maximum atomic E-state index is 11.5. The molecule has 13 heavy (non-hydrogen) atoms. The van der Waals surface area contributed by atoms with Crippen LogP contribution in [0.3, 0.4) is 0 Å². The molecule has 0 aromatic rings. The van der Waals surface area contributed by atoms with Crippen LogP contribution in [-0.2, 0) is 10.0 Å². The first-order chi connectivity index (χ1) is 6.06. The molecule has 0 spiro atoms. The topological polar surface area (TPSA) is 57.6 Å². The van der Waals surface area contributed by atoms with Crippen LogP contribution >= 0.6 is 0 Å². The Bertz CT molecular complexity index is 295. The van der Waals surface area contributed by atoms with Crippen molar-refractivity contribution in [1.82, 2.24) is 4.31 Å². The fraction of sp³-hybridized carbons (Fsp3) is 0.750. The summed E-state index contributed by atoms with van der Waals surface area (Å²) in [6.45, 7) is 2.63. The van der Waals surface area contributed by atoms with Crippen LogP contribution in [0.1, 0.15) is 13.3 Å². The Kier molecular flexibility index (Phi) is 3.47. The van der Waals surface area contributed by atoms with Crippen LogP contribution in [0, 0.1) is 0 Å². The Morgan fingerprint density at radius 3 is 2.85 bits per heavy atom. The van der Waals surface area contributed by atoms with E-state index in [0.29, 0.717) is 13.1 Å². The van der Waals surface area contributed by atoms with E-state index in [1.54, 1.807) is 0 Å². The largest absolute Gasteiger partial charge is 0.395 e. The van der Waals surface area contributed by atoms with Gasteiger partial charge in [0, 0.05) is 13.1 Å². The summed E-state index contributed by atoms with van der Waals surface area (Å²) in [5.74, 6) is -0.166. The van der Waals surface area contributed by atoms with Gasteiger partial charge in [0.15, 0.2) is 0 Å². The smallest absolute Gasteiger partial charge is 0.216 e. The molecule has 4 nitrogen and oxygen atoms in total. The number of aliphatic hydroxyl groups excluding tert-OH is 1. The van der Waals surface area contributed by atoms with E-state index in [4.69, 9.17) is 5.11 Å². The van der Waals surface area contributed by atoms with E-state index in [9.17, 15) is 8.42 Å². The van der Waals surface area contributed by atoms with Crippen molar-refractivity contribution in [3.05, 3.63) is 11.6 Å². The van der Waals surface area contributed by atoms with Gasteiger partial charge in [0.2, 0.25) is 10.0 Å². The summed E-state index contributed by atoms with van der Waals surface area (Å²) in [5, 5.41) is 8.58. The van der Waals surface area contributed by atoms with Crippen molar-refractivity contribution in [3.8, 4) is 0 Å². The molecule has 0 saturated carbocycles. The minimum atomic E-state index is -3.22. The standard InChI is InChI=1S/C8H15NO3S/c1-8-3-2-4-9(7-8)13(11,12)6-5-10/h3,10H,2,4-7H2,1H3. The Labute approximate surface area is 78.9 Å². The SMILES string of the molecule is CC1=CCCN(S(=O)(=O)CCO)C1. The molecule has 1 aliphatic heterocycles. The molecule has 0 unspecified atom stereocenters. The lowest BCUT2D eigenvalue weighted by atomic mass is 10.2. The molecule has 0 fully saturated rings. The van der Waals surface area contributed by atoms with Gasteiger partial charge < -0.3 is 5.11 Å². The monoisotopic (exact) mass is 205 g/mol. The van der Waals surface area contributed by atoms with Crippen molar-refractivity contribution in [2.45, 2.75) is 13.3 Å². The summed E-state index contributed by atoms with van der Waals surface area (Å²) in [7, 11) is -3.22. The summed E-state index contributed by atoms with van der Waals surface area (Å²) >= 11 is 0. The van der Waals surface area contributed by atoms with Gasteiger partial charge in [-0.2, -0.15) is 4.31 Å². The summed E-state index contributed by atoms with van der Waals surface area (Å²) < 4.78 is 24.4. The van der Waals surface area contributed by atoms with E-state index in [1.165, 1.54) is 4.31 Å². The number of aliphatic hydroxyl groups is 1. The highest BCUT2D eigenvalue weighted by molar-refractivity contribution is 7.89. The average molecular weight is 205 g/mol. The summed E-state index contributed by atoms with van der Waals surface area (Å²) in [5.41, 5.74) is 1.08. The zero-order valence-electron chi connectivity index (χ0n) is 7.73. The molecule has 1 N–H and O–H groups in total. The molecule has 1 rings (SSSR count). The third-order valence-electron chi connectivity index (χ3n) is 2.04. The minimum absolute atomic E-state index is 0.166. The highest BCUT2D eigenvalue weighted by atomic mass is 32.2. The maximum absolute atomic E-state index is 11.5. The quantitative estimate of drug-likeness (QED) is 0.658. The zero-order chi connectivity index (χ0) is 9.90. The Morgan fingerprint density at radius 1 is 1.62 bits per heavy atom. The predicted octanol–water partition coefficient (Wildman–Crippen LogP) is -0.0395. The lowest BCUT2D eigenvalue weighted by molar-refractivity contribution is 0.314. The molecule has 0 aromatic heterocycles. The van der Waals surface area contributed by atoms with Crippen LogP contribution in [0.15, 0.2) is 11.6 Å². The van der Waals surface area contributed by atoms with E-state index < -0.39 is 10.0 Å². The molecule has 1 aliphatic rings. The zero-order valence-corrected chi connectivity index (χ0v) is 8.55. The van der Waals surface area contributed by atoms with Gasteiger partial charge in [-0.1, -0.05) is 11.6 Å². The van der Waals surface area contributed by atoms with Crippen LogP contribution in [0.2, 0.25) is 0 Å². The molecule has 0 bridgehead atoms. The van der Waals surface area contributed by atoms with Crippen LogP contribution in [0.4, 0.5) is 0 Å². The summed E-state index contributed by atoms with van der Waals surface area (Å²) in [4.78, 5) is 0. The van der Waals surface area contributed by atoms with Gasteiger partial charge in [-0.05, 0) is 13.3 Å². The molecular weight excluding hydrogens is 190 g/mol. The Balaban J connectivity index is 2.68. The van der Waals surface area contributed by atoms with Gasteiger partial charge in [0.25, 0.3) is 0 Å². The highest BCUT2D eigenvalue weighted by Gasteiger charge is 2.22. The van der Waals surface area contributed by atoms with Crippen LogP contribution in [-0.4, -0.2) is 43.3 Å². The lowest BCUT2D eigenvalue weighted by Gasteiger charge is -2.24. The summed E-state index contributed by atoms with van der Waals surface area (Å²) in [6, 6.07) is 0. The van der Waals surface area contributed by atoms with Crippen molar-refractivity contribution < 1.29 is 13.5 Å². The fourth-order valence-electron chi connectivity index (χ4n) is 1.36. The van der Waals surface area contributed by atoms with Gasteiger partial charge in [-0.25, -0.2) is 8.42 Å². The molecule has 0 amide bonds. The van der Waals surface area contributed by atoms with Gasteiger partial charge in [0.1, 0.15) is 0 Å². The van der Waals surface area contributed by atoms with E-state index in [1.807, 2.05) is 13.0 Å². The molecule has 0 saturated heterocycles. The third-order valence-corrected chi connectivity index (χ3v) is 3.84. The van der Waals surface area contributed by atoms with Crippen molar-refractivity contribution in [2.24, 2.45) is 0 Å². The maximum Gasteiger partial charge on any atom is 0.216 e. The predicted molar refractivity (Wildman–Crippen MR) is 50.8 cm³/mol. The van der Waals surface area contributed by atoms with Crippen molar-refractivity contribution in [1.29, 1.82) is 0 Å². The van der Waals surface area contributed by atoms with Gasteiger partial charge in [-0.3, -0.25) is 0 Å². The van der Waals surface area contributed by atoms with Gasteiger partial charge in [-0.15, -0.1) is 0 Å². The normalized spacial score (nSPS) is 20.0. The van der Waals surface area contributed by atoms with Crippen molar-refractivity contribution in [2.75, 3.05) is 25.4 Å². The number of hydrogen-bond acceptors (Lipinski definition) is 3. The number of nitrogens with zero attached hydrogens (tertiary/aromatic N) is 1. The number of rotatable bonds is 3. The second-order valence-electron chi connectivity index (χ2n) is 3.21. The molecule has 1 heterocycles. The molecule has 76 valence electrons. The first-order valence-electron chi connectivity index (χ1n) is 4.30. The number of sulfonamides is 1. The summed E-state index contributed by atoms with van der Waals surface area (Å²) in [6.07, 6.45) is 2.82. The Morgan fingerprint density at radius 2 is 2.31 bits per heavy atom. The van der Waals surface area contributed by atoms with Crippen LogP contribution in [0.5, 0.6) is 0 Å². The van der Waals surface area contributed by atoms with Crippen LogP contribution in [0.25, 0.3) is 0 Å². The third kappa shape index (κ3) is 2.79. The first kappa shape index (κ1) is 10.7. The lowest BCUT2D eigenvalue weighted by Crippen LogP contribution is -2.37. The van der Waals surface area contributed by atoms with Gasteiger partial charge in [0.05, 0.1) is 12.4 Å². The molecular formula is C8H15NO3S. The van der Waals surface area contributed by atoms with E-state index in [2.05, 4.69) is 0 Å². The fourth-order valence-corrected chi connectivity index (χ4v) is 2.63. The molecule has 0 aliphatic carbocycles. The second kappa shape index (κ2) is 4.21. The highest BCUT2D eigenvalue weighted by Crippen LogP contribution is 2.12. The Hall–Kier alpha value is -0.390. The minimum Gasteiger partial charge on any atom is -0.395 e. The van der Waals surface area contributed by atoms with Crippen molar-refractivity contribution >= 4 is 10.0 Å². The van der Waals surface area contributed by atoms with Gasteiger partial charge >= 0.3 is 0 Å². The second-order valence-corrected chi connectivity index (χ2v) is 5.30. The molecule has 0 atom stereocenters.